The fourth-order valence-electron chi connectivity index (χ4n) is 3.17. The van der Waals surface area contributed by atoms with Gasteiger partial charge in [-0.15, -0.1) is 6.58 Å². The van der Waals surface area contributed by atoms with E-state index in [1.807, 2.05) is 12.1 Å². The van der Waals surface area contributed by atoms with Crippen LogP contribution in [0.5, 0.6) is 0 Å². The van der Waals surface area contributed by atoms with Crippen LogP contribution in [-0.2, 0) is 11.3 Å². The Kier molecular flexibility index (Phi) is 10.6. The Morgan fingerprint density at radius 1 is 1.31 bits per heavy atom. The third-order valence-corrected chi connectivity index (χ3v) is 4.73. The summed E-state index contributed by atoms with van der Waals surface area (Å²) in [5.74, 6) is 1.19. The predicted octanol–water partition coefficient (Wildman–Crippen LogP) is 4.81. The lowest BCUT2D eigenvalue weighted by Gasteiger charge is -2.32. The number of carbonyl (C=O) groups excluding carboxylic acids is 1. The SMILES string of the molecule is C=CC1CC1C(=C)CN(Cc1ccccc1)[C@@H](CC)CNC=O.CCC. The van der Waals surface area contributed by atoms with Gasteiger partial charge in [0.25, 0.3) is 0 Å². The average Bonchev–Trinajstić information content (AvgIpc) is 3.44. The number of hydrogen-bond acceptors (Lipinski definition) is 2. The van der Waals surface area contributed by atoms with Crippen molar-refractivity contribution in [2.75, 3.05) is 13.1 Å². The molecule has 3 heteroatoms. The molecule has 26 heavy (non-hydrogen) atoms. The van der Waals surface area contributed by atoms with Gasteiger partial charge in [0.2, 0.25) is 6.41 Å². The number of amides is 1. The van der Waals surface area contributed by atoms with Gasteiger partial charge >= 0.3 is 0 Å². The van der Waals surface area contributed by atoms with Gasteiger partial charge in [0, 0.05) is 25.7 Å². The van der Waals surface area contributed by atoms with Crippen LogP contribution in [0.15, 0.2) is 55.1 Å². The second-order valence-electron chi connectivity index (χ2n) is 7.09. The van der Waals surface area contributed by atoms with Gasteiger partial charge in [-0.3, -0.25) is 9.69 Å². The molecule has 0 aliphatic heterocycles. The first-order valence-electron chi connectivity index (χ1n) is 9.86. The van der Waals surface area contributed by atoms with Gasteiger partial charge < -0.3 is 5.32 Å². The maximum Gasteiger partial charge on any atom is 0.207 e. The number of nitrogens with zero attached hydrogens (tertiary/aromatic N) is 1. The van der Waals surface area contributed by atoms with Crippen LogP contribution in [0, 0.1) is 11.8 Å². The summed E-state index contributed by atoms with van der Waals surface area (Å²) in [6, 6.07) is 10.8. The van der Waals surface area contributed by atoms with Crippen LogP contribution in [-0.4, -0.2) is 30.4 Å². The summed E-state index contributed by atoms with van der Waals surface area (Å²) in [6.45, 7) is 17.1. The van der Waals surface area contributed by atoms with E-state index in [2.05, 4.69) is 68.4 Å². The molecule has 0 aromatic heterocycles. The molecule has 1 aliphatic rings. The highest BCUT2D eigenvalue weighted by Crippen LogP contribution is 2.44. The standard InChI is InChI=1S/C20H28N2O.C3H8/c1-4-18-11-20(18)16(3)13-22(19(5-2)12-21-15-23)14-17-9-7-6-8-10-17;1-3-2/h4,6-10,15,18-20H,1,3,5,11-14H2,2H3,(H,21,23);3H2,1-2H3/t18?,19-,20?;/m0./s1. The van der Waals surface area contributed by atoms with Gasteiger partial charge in [-0.25, -0.2) is 0 Å². The number of rotatable bonds is 11. The summed E-state index contributed by atoms with van der Waals surface area (Å²) in [5.41, 5.74) is 2.58. The molecule has 1 saturated carbocycles. The molecule has 1 N–H and O–H groups in total. The van der Waals surface area contributed by atoms with E-state index in [9.17, 15) is 4.79 Å². The maximum absolute atomic E-state index is 10.7. The topological polar surface area (TPSA) is 32.3 Å². The quantitative estimate of drug-likeness (QED) is 0.456. The largest absolute Gasteiger partial charge is 0.357 e. The number of hydrogen-bond donors (Lipinski definition) is 1. The molecular formula is C23H36N2O. The van der Waals surface area contributed by atoms with Crippen molar-refractivity contribution < 1.29 is 4.79 Å². The monoisotopic (exact) mass is 356 g/mol. The van der Waals surface area contributed by atoms with E-state index in [1.165, 1.54) is 24.0 Å². The highest BCUT2D eigenvalue weighted by atomic mass is 16.1. The third kappa shape index (κ3) is 7.57. The summed E-state index contributed by atoms with van der Waals surface area (Å²) < 4.78 is 0. The van der Waals surface area contributed by atoms with Crippen LogP contribution in [0.2, 0.25) is 0 Å². The van der Waals surface area contributed by atoms with Gasteiger partial charge in [0.1, 0.15) is 0 Å². The molecule has 0 saturated heterocycles. The number of nitrogens with one attached hydrogen (secondary N) is 1. The summed E-state index contributed by atoms with van der Waals surface area (Å²) in [5, 5.41) is 2.84. The van der Waals surface area contributed by atoms with Crippen molar-refractivity contribution in [2.45, 2.75) is 52.6 Å². The zero-order valence-electron chi connectivity index (χ0n) is 16.8. The first-order valence-corrected chi connectivity index (χ1v) is 9.86. The van der Waals surface area contributed by atoms with Crippen LogP contribution in [0.3, 0.4) is 0 Å². The molecular weight excluding hydrogens is 320 g/mol. The molecule has 3 nitrogen and oxygen atoms in total. The minimum atomic E-state index is 0.318. The van der Waals surface area contributed by atoms with Crippen molar-refractivity contribution in [1.82, 2.24) is 10.2 Å². The zero-order valence-corrected chi connectivity index (χ0v) is 16.8. The minimum absolute atomic E-state index is 0.318. The first kappa shape index (κ1) is 22.2. The van der Waals surface area contributed by atoms with E-state index in [4.69, 9.17) is 0 Å². The van der Waals surface area contributed by atoms with Gasteiger partial charge in [-0.2, -0.15) is 0 Å². The Hall–Kier alpha value is -1.87. The van der Waals surface area contributed by atoms with Gasteiger partial charge in [0.05, 0.1) is 0 Å². The fraction of sp³-hybridized carbons (Fsp3) is 0.522. The predicted molar refractivity (Wildman–Crippen MR) is 112 cm³/mol. The van der Waals surface area contributed by atoms with Crippen molar-refractivity contribution in [1.29, 1.82) is 0 Å². The smallest absolute Gasteiger partial charge is 0.207 e. The normalized spacial score (nSPS) is 19.1. The molecule has 1 aliphatic carbocycles. The summed E-state index contributed by atoms with van der Waals surface area (Å²) in [4.78, 5) is 13.1. The second kappa shape index (κ2) is 12.5. The van der Waals surface area contributed by atoms with Gasteiger partial charge in [-0.1, -0.05) is 75.8 Å². The molecule has 1 aromatic carbocycles. The Balaban J connectivity index is 0.00000105. The minimum Gasteiger partial charge on any atom is -0.357 e. The molecule has 1 aromatic rings. The van der Waals surface area contributed by atoms with E-state index in [-0.39, 0.29) is 0 Å². The van der Waals surface area contributed by atoms with Crippen molar-refractivity contribution in [3.63, 3.8) is 0 Å². The molecule has 1 amide bonds. The second-order valence-corrected chi connectivity index (χ2v) is 7.09. The first-order chi connectivity index (χ1) is 12.6. The Labute approximate surface area is 160 Å². The molecule has 2 unspecified atom stereocenters. The molecule has 2 rings (SSSR count). The van der Waals surface area contributed by atoms with Gasteiger partial charge in [-0.05, 0) is 30.2 Å². The molecule has 0 heterocycles. The van der Waals surface area contributed by atoms with Gasteiger partial charge in [0.15, 0.2) is 0 Å². The molecule has 144 valence electrons. The van der Waals surface area contributed by atoms with E-state index >= 15 is 0 Å². The Morgan fingerprint density at radius 2 is 1.96 bits per heavy atom. The average molecular weight is 357 g/mol. The Bertz CT molecular complexity index is 540. The Morgan fingerprint density at radius 3 is 2.46 bits per heavy atom. The van der Waals surface area contributed by atoms with E-state index in [1.54, 1.807) is 0 Å². The van der Waals surface area contributed by atoms with Crippen molar-refractivity contribution in [3.8, 4) is 0 Å². The van der Waals surface area contributed by atoms with Crippen LogP contribution in [0.25, 0.3) is 0 Å². The van der Waals surface area contributed by atoms with Crippen LogP contribution >= 0.6 is 0 Å². The molecule has 0 bridgehead atoms. The lowest BCUT2D eigenvalue weighted by molar-refractivity contribution is -0.109. The molecule has 0 radical (unpaired) electrons. The molecule has 1 fully saturated rings. The van der Waals surface area contributed by atoms with E-state index in [0.717, 1.165) is 25.9 Å². The van der Waals surface area contributed by atoms with Crippen LogP contribution in [0.1, 0.15) is 45.6 Å². The number of benzene rings is 1. The number of allylic oxidation sites excluding steroid dienone is 1. The summed E-state index contributed by atoms with van der Waals surface area (Å²) in [7, 11) is 0. The highest BCUT2D eigenvalue weighted by Gasteiger charge is 2.37. The van der Waals surface area contributed by atoms with Crippen molar-refractivity contribution >= 4 is 6.41 Å². The van der Waals surface area contributed by atoms with Crippen molar-refractivity contribution in [3.05, 3.63) is 60.7 Å². The zero-order chi connectivity index (χ0) is 19.4. The summed E-state index contributed by atoms with van der Waals surface area (Å²) in [6.07, 6.45) is 6.26. The third-order valence-electron chi connectivity index (χ3n) is 4.73. The van der Waals surface area contributed by atoms with E-state index in [0.29, 0.717) is 24.4 Å². The summed E-state index contributed by atoms with van der Waals surface area (Å²) >= 11 is 0. The number of carbonyl (C=O) groups is 1. The van der Waals surface area contributed by atoms with Crippen LogP contribution in [0.4, 0.5) is 0 Å². The van der Waals surface area contributed by atoms with Crippen LogP contribution < -0.4 is 5.32 Å². The fourth-order valence-corrected chi connectivity index (χ4v) is 3.17. The lowest BCUT2D eigenvalue weighted by Crippen LogP contribution is -2.42. The van der Waals surface area contributed by atoms with Crippen molar-refractivity contribution in [2.24, 2.45) is 11.8 Å². The highest BCUT2D eigenvalue weighted by molar-refractivity contribution is 5.45. The molecule has 3 atom stereocenters. The maximum atomic E-state index is 10.7. The van der Waals surface area contributed by atoms with E-state index < -0.39 is 0 Å². The molecule has 0 spiro atoms. The lowest BCUT2D eigenvalue weighted by atomic mass is 10.1.